The second kappa shape index (κ2) is 5.36. The molecule has 0 spiro atoms. The van der Waals surface area contributed by atoms with E-state index in [9.17, 15) is 0 Å². The number of aromatic nitrogens is 1. The fraction of sp³-hybridized carbons (Fsp3) is 0.615. The minimum Gasteiger partial charge on any atom is -0.369 e. The number of piperidine rings is 1. The van der Waals surface area contributed by atoms with E-state index in [-0.39, 0.29) is 0 Å². The first kappa shape index (κ1) is 12.8. The van der Waals surface area contributed by atoms with E-state index in [2.05, 4.69) is 44.5 Å². The van der Waals surface area contributed by atoms with Crippen molar-refractivity contribution in [2.75, 3.05) is 25.0 Å². The fourth-order valence-corrected chi connectivity index (χ4v) is 2.83. The number of aryl methyl sites for hydroxylation is 1. The van der Waals surface area contributed by atoms with Crippen molar-refractivity contribution >= 4 is 21.7 Å². The zero-order chi connectivity index (χ0) is 12.3. The molecule has 0 bridgehead atoms. The highest BCUT2D eigenvalue weighted by Crippen LogP contribution is 2.27. The van der Waals surface area contributed by atoms with E-state index < -0.39 is 0 Å². The average molecular weight is 298 g/mol. The molecule has 0 amide bonds. The number of hydrogen-bond acceptors (Lipinski definition) is 3. The Labute approximate surface area is 112 Å². The van der Waals surface area contributed by atoms with E-state index in [0.29, 0.717) is 5.41 Å². The Morgan fingerprint density at radius 2 is 2.41 bits per heavy atom. The van der Waals surface area contributed by atoms with Gasteiger partial charge in [0.1, 0.15) is 5.82 Å². The molecule has 1 aliphatic heterocycles. The predicted octanol–water partition coefficient (Wildman–Crippen LogP) is 2.95. The Kier molecular flexibility index (Phi) is 4.05. The van der Waals surface area contributed by atoms with Crippen molar-refractivity contribution in [2.24, 2.45) is 5.41 Å². The standard InChI is InChI=1S/C13H20BrN3/c1-10-6-11(14)12(16-7-10)17-9-13(2)4-3-5-15-8-13/h6-7,15H,3-5,8-9H2,1-2H3,(H,16,17). The summed E-state index contributed by atoms with van der Waals surface area (Å²) in [6.45, 7) is 7.59. The zero-order valence-corrected chi connectivity index (χ0v) is 12.1. The molecule has 0 aromatic carbocycles. The van der Waals surface area contributed by atoms with Gasteiger partial charge in [0, 0.05) is 19.3 Å². The Bertz CT molecular complexity index is 386. The first-order chi connectivity index (χ1) is 8.09. The van der Waals surface area contributed by atoms with Crippen LogP contribution in [0.5, 0.6) is 0 Å². The van der Waals surface area contributed by atoms with Gasteiger partial charge in [-0.15, -0.1) is 0 Å². The van der Waals surface area contributed by atoms with Gasteiger partial charge in [0.25, 0.3) is 0 Å². The minimum absolute atomic E-state index is 0.338. The van der Waals surface area contributed by atoms with Crippen LogP contribution in [0.25, 0.3) is 0 Å². The Hall–Kier alpha value is -0.610. The second-order valence-electron chi connectivity index (χ2n) is 5.29. The first-order valence-electron chi connectivity index (χ1n) is 6.16. The van der Waals surface area contributed by atoms with Gasteiger partial charge in [-0.2, -0.15) is 0 Å². The van der Waals surface area contributed by atoms with Crippen LogP contribution in [0.3, 0.4) is 0 Å². The molecule has 2 rings (SSSR count). The smallest absolute Gasteiger partial charge is 0.140 e. The number of halogens is 1. The summed E-state index contributed by atoms with van der Waals surface area (Å²) in [7, 11) is 0. The SMILES string of the molecule is Cc1cnc(NCC2(C)CCCNC2)c(Br)c1. The molecular weight excluding hydrogens is 278 g/mol. The molecule has 2 heterocycles. The zero-order valence-electron chi connectivity index (χ0n) is 10.5. The largest absolute Gasteiger partial charge is 0.369 e. The highest BCUT2D eigenvalue weighted by molar-refractivity contribution is 9.10. The van der Waals surface area contributed by atoms with Crippen LogP contribution in [0.15, 0.2) is 16.7 Å². The number of hydrogen-bond donors (Lipinski definition) is 2. The lowest BCUT2D eigenvalue weighted by molar-refractivity contribution is 0.253. The maximum absolute atomic E-state index is 4.41. The lowest BCUT2D eigenvalue weighted by Crippen LogP contribution is -2.42. The van der Waals surface area contributed by atoms with Gasteiger partial charge in [0.15, 0.2) is 0 Å². The Morgan fingerprint density at radius 3 is 3.06 bits per heavy atom. The Morgan fingerprint density at radius 1 is 1.59 bits per heavy atom. The summed E-state index contributed by atoms with van der Waals surface area (Å²) < 4.78 is 1.05. The van der Waals surface area contributed by atoms with Gasteiger partial charge in [0.05, 0.1) is 4.47 Å². The third-order valence-electron chi connectivity index (χ3n) is 3.35. The molecule has 3 nitrogen and oxygen atoms in total. The summed E-state index contributed by atoms with van der Waals surface area (Å²) in [5.74, 6) is 0.947. The molecule has 0 aliphatic carbocycles. The summed E-state index contributed by atoms with van der Waals surface area (Å²) in [5, 5.41) is 6.92. The lowest BCUT2D eigenvalue weighted by Gasteiger charge is -2.34. The van der Waals surface area contributed by atoms with E-state index in [4.69, 9.17) is 0 Å². The van der Waals surface area contributed by atoms with Crippen LogP contribution in [-0.4, -0.2) is 24.6 Å². The molecule has 1 unspecified atom stereocenters. The van der Waals surface area contributed by atoms with E-state index in [1.54, 1.807) is 0 Å². The van der Waals surface area contributed by atoms with Gasteiger partial charge in [0.2, 0.25) is 0 Å². The lowest BCUT2D eigenvalue weighted by atomic mass is 9.83. The summed E-state index contributed by atoms with van der Waals surface area (Å²) in [5.41, 5.74) is 1.51. The highest BCUT2D eigenvalue weighted by Gasteiger charge is 2.26. The van der Waals surface area contributed by atoms with Gasteiger partial charge < -0.3 is 10.6 Å². The molecule has 94 valence electrons. The van der Waals surface area contributed by atoms with Crippen LogP contribution in [0.2, 0.25) is 0 Å². The van der Waals surface area contributed by atoms with Crippen molar-refractivity contribution in [3.8, 4) is 0 Å². The van der Waals surface area contributed by atoms with Gasteiger partial charge in [-0.3, -0.25) is 0 Å². The number of anilines is 1. The van der Waals surface area contributed by atoms with Gasteiger partial charge in [-0.25, -0.2) is 4.98 Å². The van der Waals surface area contributed by atoms with Crippen LogP contribution >= 0.6 is 15.9 Å². The molecule has 1 aromatic rings. The maximum atomic E-state index is 4.41. The third kappa shape index (κ3) is 3.42. The van der Waals surface area contributed by atoms with Crippen molar-refractivity contribution in [3.05, 3.63) is 22.3 Å². The van der Waals surface area contributed by atoms with Crippen LogP contribution < -0.4 is 10.6 Å². The predicted molar refractivity (Wildman–Crippen MR) is 75.4 cm³/mol. The van der Waals surface area contributed by atoms with Crippen molar-refractivity contribution < 1.29 is 0 Å². The van der Waals surface area contributed by atoms with E-state index >= 15 is 0 Å². The van der Waals surface area contributed by atoms with E-state index in [1.165, 1.54) is 18.4 Å². The third-order valence-corrected chi connectivity index (χ3v) is 3.95. The number of nitrogens with one attached hydrogen (secondary N) is 2. The highest BCUT2D eigenvalue weighted by atomic mass is 79.9. The number of pyridine rings is 1. The minimum atomic E-state index is 0.338. The van der Waals surface area contributed by atoms with Crippen molar-refractivity contribution in [1.29, 1.82) is 0 Å². The van der Waals surface area contributed by atoms with Gasteiger partial charge in [-0.1, -0.05) is 6.92 Å². The molecule has 2 N–H and O–H groups in total. The summed E-state index contributed by atoms with van der Waals surface area (Å²) in [4.78, 5) is 4.41. The molecule has 4 heteroatoms. The average Bonchev–Trinajstić information content (AvgIpc) is 2.29. The summed E-state index contributed by atoms with van der Waals surface area (Å²) in [6, 6.07) is 2.09. The number of rotatable bonds is 3. The molecule has 1 atom stereocenters. The van der Waals surface area contributed by atoms with Crippen LogP contribution in [0.4, 0.5) is 5.82 Å². The number of nitrogens with zero attached hydrogens (tertiary/aromatic N) is 1. The van der Waals surface area contributed by atoms with Crippen molar-refractivity contribution in [3.63, 3.8) is 0 Å². The molecule has 1 aliphatic rings. The topological polar surface area (TPSA) is 37.0 Å². The van der Waals surface area contributed by atoms with Crippen LogP contribution in [0, 0.1) is 12.3 Å². The second-order valence-corrected chi connectivity index (χ2v) is 6.14. The maximum Gasteiger partial charge on any atom is 0.140 e. The van der Waals surface area contributed by atoms with Crippen LogP contribution in [0.1, 0.15) is 25.3 Å². The molecule has 0 saturated carbocycles. The monoisotopic (exact) mass is 297 g/mol. The summed E-state index contributed by atoms with van der Waals surface area (Å²) >= 11 is 3.55. The first-order valence-corrected chi connectivity index (χ1v) is 6.95. The summed E-state index contributed by atoms with van der Waals surface area (Å²) in [6.07, 6.45) is 4.44. The normalized spacial score (nSPS) is 24.6. The quantitative estimate of drug-likeness (QED) is 0.901. The van der Waals surface area contributed by atoms with E-state index in [0.717, 1.165) is 29.9 Å². The van der Waals surface area contributed by atoms with Crippen molar-refractivity contribution in [1.82, 2.24) is 10.3 Å². The van der Waals surface area contributed by atoms with E-state index in [1.807, 2.05) is 13.1 Å². The van der Waals surface area contributed by atoms with Gasteiger partial charge in [-0.05, 0) is 59.3 Å². The molecule has 1 saturated heterocycles. The Balaban J connectivity index is 1.97. The molecule has 0 radical (unpaired) electrons. The fourth-order valence-electron chi connectivity index (χ4n) is 2.23. The van der Waals surface area contributed by atoms with Gasteiger partial charge >= 0.3 is 0 Å². The molecular formula is C13H20BrN3. The van der Waals surface area contributed by atoms with Crippen LogP contribution in [-0.2, 0) is 0 Å². The molecule has 1 aromatic heterocycles. The molecule has 1 fully saturated rings. The molecule has 17 heavy (non-hydrogen) atoms. The van der Waals surface area contributed by atoms with Crippen molar-refractivity contribution in [2.45, 2.75) is 26.7 Å².